The highest BCUT2D eigenvalue weighted by molar-refractivity contribution is 6.08. The second-order valence-corrected chi connectivity index (χ2v) is 4.66. The van der Waals surface area contributed by atoms with E-state index in [1.807, 2.05) is 19.9 Å². The number of Topliss-reactive ketones (excluding diaryl/α,β-unsaturated/α-hetero) is 1. The third kappa shape index (κ3) is 3.99. The lowest BCUT2D eigenvalue weighted by atomic mass is 9.90. The molecule has 3 nitrogen and oxygen atoms in total. The summed E-state index contributed by atoms with van der Waals surface area (Å²) < 4.78 is 4.99. The highest BCUT2D eigenvalue weighted by Crippen LogP contribution is 2.19. The maximum atomic E-state index is 12.3. The molecule has 0 radical (unpaired) electrons. The van der Waals surface area contributed by atoms with Crippen molar-refractivity contribution >= 4 is 11.8 Å². The summed E-state index contributed by atoms with van der Waals surface area (Å²) in [6, 6.07) is 8.90. The molecule has 1 unspecified atom stereocenters. The second-order valence-electron chi connectivity index (χ2n) is 4.66. The summed E-state index contributed by atoms with van der Waals surface area (Å²) in [6.45, 7) is 6.03. The molecule has 0 bridgehead atoms. The monoisotopic (exact) mass is 248 g/mol. The molecular weight excluding hydrogens is 228 g/mol. The van der Waals surface area contributed by atoms with Gasteiger partial charge in [0, 0.05) is 5.56 Å². The van der Waals surface area contributed by atoms with E-state index < -0.39 is 11.9 Å². The molecule has 0 amide bonds. The number of ether oxygens (including phenoxy) is 1. The normalized spacial score (nSPS) is 12.2. The van der Waals surface area contributed by atoms with E-state index in [0.29, 0.717) is 18.6 Å². The molecule has 1 aromatic rings. The number of hydrogen-bond donors (Lipinski definition) is 0. The average molecular weight is 248 g/mol. The van der Waals surface area contributed by atoms with Crippen LogP contribution in [-0.2, 0) is 9.53 Å². The summed E-state index contributed by atoms with van der Waals surface area (Å²) >= 11 is 0. The van der Waals surface area contributed by atoms with Gasteiger partial charge in [0.25, 0.3) is 0 Å². The molecule has 0 saturated heterocycles. The van der Waals surface area contributed by atoms with Gasteiger partial charge in [-0.1, -0.05) is 44.2 Å². The van der Waals surface area contributed by atoms with Crippen LogP contribution in [0.25, 0.3) is 0 Å². The topological polar surface area (TPSA) is 43.4 Å². The molecule has 18 heavy (non-hydrogen) atoms. The van der Waals surface area contributed by atoms with Crippen molar-refractivity contribution < 1.29 is 14.3 Å². The Bertz CT molecular complexity index is 395. The summed E-state index contributed by atoms with van der Waals surface area (Å²) in [5.74, 6) is -0.984. The van der Waals surface area contributed by atoms with E-state index in [9.17, 15) is 9.59 Å². The van der Waals surface area contributed by atoms with E-state index in [-0.39, 0.29) is 11.7 Å². The van der Waals surface area contributed by atoms with Crippen LogP contribution in [0.5, 0.6) is 0 Å². The minimum atomic E-state index is -0.688. The van der Waals surface area contributed by atoms with Crippen molar-refractivity contribution in [3.63, 3.8) is 0 Å². The van der Waals surface area contributed by atoms with Crippen LogP contribution in [-0.4, -0.2) is 18.4 Å². The predicted molar refractivity (Wildman–Crippen MR) is 70.4 cm³/mol. The number of carbonyl (C=O) groups excluding carboxylic acids is 2. The van der Waals surface area contributed by atoms with Gasteiger partial charge in [0.05, 0.1) is 6.61 Å². The standard InChI is InChI=1S/C15H20O3/c1-4-18-15(17)13(10-11(2)3)14(16)12-8-6-5-7-9-12/h5-9,11,13H,4,10H2,1-3H3. The van der Waals surface area contributed by atoms with Crippen LogP contribution in [0.1, 0.15) is 37.6 Å². The van der Waals surface area contributed by atoms with Crippen LogP contribution in [0.4, 0.5) is 0 Å². The molecule has 0 heterocycles. The Hall–Kier alpha value is -1.64. The number of ketones is 1. The van der Waals surface area contributed by atoms with E-state index in [1.165, 1.54) is 0 Å². The molecule has 0 aromatic heterocycles. The number of carbonyl (C=O) groups is 2. The number of hydrogen-bond acceptors (Lipinski definition) is 3. The third-order valence-electron chi connectivity index (χ3n) is 2.65. The van der Waals surface area contributed by atoms with Gasteiger partial charge < -0.3 is 4.74 Å². The zero-order valence-electron chi connectivity index (χ0n) is 11.2. The first-order chi connectivity index (χ1) is 8.56. The summed E-state index contributed by atoms with van der Waals surface area (Å²) in [4.78, 5) is 24.1. The van der Waals surface area contributed by atoms with Gasteiger partial charge in [-0.2, -0.15) is 0 Å². The van der Waals surface area contributed by atoms with Crippen LogP contribution in [0, 0.1) is 11.8 Å². The Kier molecular flexibility index (Phi) is 5.56. The summed E-state index contributed by atoms with van der Waals surface area (Å²) in [6.07, 6.45) is 0.520. The molecule has 0 saturated carbocycles. The fourth-order valence-electron chi connectivity index (χ4n) is 1.83. The molecular formula is C15H20O3. The molecule has 1 aromatic carbocycles. The molecule has 1 rings (SSSR count). The molecule has 0 aliphatic rings. The Labute approximate surface area is 108 Å². The number of rotatable bonds is 6. The lowest BCUT2D eigenvalue weighted by Gasteiger charge is -2.16. The van der Waals surface area contributed by atoms with Crippen LogP contribution in [0.15, 0.2) is 30.3 Å². The zero-order chi connectivity index (χ0) is 13.5. The molecule has 3 heteroatoms. The first-order valence-corrected chi connectivity index (χ1v) is 6.32. The Morgan fingerprint density at radius 2 is 1.78 bits per heavy atom. The van der Waals surface area contributed by atoms with Crippen molar-refractivity contribution in [3.8, 4) is 0 Å². The molecule has 0 spiro atoms. The van der Waals surface area contributed by atoms with Crippen molar-refractivity contribution in [1.82, 2.24) is 0 Å². The first kappa shape index (κ1) is 14.4. The van der Waals surface area contributed by atoms with Crippen molar-refractivity contribution in [1.29, 1.82) is 0 Å². The van der Waals surface area contributed by atoms with Crippen molar-refractivity contribution in [2.24, 2.45) is 11.8 Å². The molecule has 98 valence electrons. The summed E-state index contributed by atoms with van der Waals surface area (Å²) in [5.41, 5.74) is 0.566. The Balaban J connectivity index is 2.89. The van der Waals surface area contributed by atoms with Gasteiger partial charge in [0.2, 0.25) is 0 Å². The van der Waals surface area contributed by atoms with Gasteiger partial charge in [-0.25, -0.2) is 0 Å². The quantitative estimate of drug-likeness (QED) is 0.441. The Morgan fingerprint density at radius 3 is 2.28 bits per heavy atom. The van der Waals surface area contributed by atoms with E-state index in [4.69, 9.17) is 4.74 Å². The predicted octanol–water partition coefficient (Wildman–Crippen LogP) is 3.09. The van der Waals surface area contributed by atoms with Gasteiger partial charge in [-0.3, -0.25) is 9.59 Å². The molecule has 1 atom stereocenters. The van der Waals surface area contributed by atoms with Crippen LogP contribution < -0.4 is 0 Å². The van der Waals surface area contributed by atoms with Crippen molar-refractivity contribution in [2.75, 3.05) is 6.61 Å². The van der Waals surface area contributed by atoms with Gasteiger partial charge in [0.1, 0.15) is 5.92 Å². The van der Waals surface area contributed by atoms with E-state index in [0.717, 1.165) is 0 Å². The van der Waals surface area contributed by atoms with Crippen LogP contribution in [0.3, 0.4) is 0 Å². The van der Waals surface area contributed by atoms with Gasteiger partial charge in [-0.05, 0) is 19.3 Å². The van der Waals surface area contributed by atoms with E-state index >= 15 is 0 Å². The molecule has 0 N–H and O–H groups in total. The number of esters is 1. The maximum absolute atomic E-state index is 12.3. The largest absolute Gasteiger partial charge is 0.465 e. The summed E-state index contributed by atoms with van der Waals surface area (Å²) in [5, 5.41) is 0. The fourth-order valence-corrected chi connectivity index (χ4v) is 1.83. The first-order valence-electron chi connectivity index (χ1n) is 6.32. The minimum absolute atomic E-state index is 0.150. The van der Waals surface area contributed by atoms with Crippen molar-refractivity contribution in [2.45, 2.75) is 27.2 Å². The lowest BCUT2D eigenvalue weighted by Crippen LogP contribution is -2.27. The molecule has 0 aliphatic carbocycles. The van der Waals surface area contributed by atoms with Gasteiger partial charge in [-0.15, -0.1) is 0 Å². The average Bonchev–Trinajstić information content (AvgIpc) is 2.36. The third-order valence-corrected chi connectivity index (χ3v) is 2.65. The molecule has 0 aliphatic heterocycles. The van der Waals surface area contributed by atoms with Gasteiger partial charge in [0.15, 0.2) is 5.78 Å². The highest BCUT2D eigenvalue weighted by atomic mass is 16.5. The van der Waals surface area contributed by atoms with Crippen molar-refractivity contribution in [3.05, 3.63) is 35.9 Å². The lowest BCUT2D eigenvalue weighted by molar-refractivity contribution is -0.146. The smallest absolute Gasteiger partial charge is 0.316 e. The van der Waals surface area contributed by atoms with Crippen LogP contribution in [0.2, 0.25) is 0 Å². The Morgan fingerprint density at radius 1 is 1.17 bits per heavy atom. The maximum Gasteiger partial charge on any atom is 0.316 e. The fraction of sp³-hybridized carbons (Fsp3) is 0.467. The zero-order valence-corrected chi connectivity index (χ0v) is 11.2. The SMILES string of the molecule is CCOC(=O)C(CC(C)C)C(=O)c1ccccc1. The highest BCUT2D eigenvalue weighted by Gasteiger charge is 2.29. The second kappa shape index (κ2) is 6.94. The van der Waals surface area contributed by atoms with E-state index in [1.54, 1.807) is 31.2 Å². The number of benzene rings is 1. The summed E-state index contributed by atoms with van der Waals surface area (Å²) in [7, 11) is 0. The van der Waals surface area contributed by atoms with Crippen LogP contribution >= 0.6 is 0 Å². The minimum Gasteiger partial charge on any atom is -0.465 e. The van der Waals surface area contributed by atoms with E-state index in [2.05, 4.69) is 0 Å². The van der Waals surface area contributed by atoms with Gasteiger partial charge >= 0.3 is 5.97 Å². The molecule has 0 fully saturated rings.